The first-order chi connectivity index (χ1) is 9.79. The van der Waals surface area contributed by atoms with Gasteiger partial charge in [0, 0.05) is 37.6 Å². The maximum absolute atomic E-state index is 12.3. The molecular formula is C15H24N4O. The summed E-state index contributed by atoms with van der Waals surface area (Å²) in [7, 11) is 0. The zero-order valence-corrected chi connectivity index (χ0v) is 12.2. The van der Waals surface area contributed by atoms with Crippen molar-refractivity contribution in [2.24, 2.45) is 0 Å². The van der Waals surface area contributed by atoms with Crippen molar-refractivity contribution in [2.75, 3.05) is 18.4 Å². The Morgan fingerprint density at radius 3 is 3.10 bits per heavy atom. The van der Waals surface area contributed by atoms with Crippen LogP contribution in [-0.4, -0.2) is 39.6 Å². The number of anilines is 1. The van der Waals surface area contributed by atoms with Crippen LogP contribution in [0.5, 0.6) is 0 Å². The highest BCUT2D eigenvalue weighted by molar-refractivity contribution is 5.33. The summed E-state index contributed by atoms with van der Waals surface area (Å²) in [4.78, 5) is 19.2. The number of hydrogen-bond acceptors (Lipinski definition) is 4. The van der Waals surface area contributed by atoms with Crippen molar-refractivity contribution >= 4 is 5.82 Å². The van der Waals surface area contributed by atoms with E-state index in [1.165, 1.54) is 25.8 Å². The van der Waals surface area contributed by atoms with E-state index < -0.39 is 0 Å². The first-order valence-corrected chi connectivity index (χ1v) is 7.85. The number of nitrogens with one attached hydrogen (secondary N) is 1. The normalized spacial score (nSPS) is 26.4. The SMILES string of the molecule is CCCn1ccnc(NC2CCN3CCCCC23)c1=O. The molecule has 110 valence electrons. The number of rotatable bonds is 4. The van der Waals surface area contributed by atoms with E-state index >= 15 is 0 Å². The van der Waals surface area contributed by atoms with Crippen LogP contribution in [0.2, 0.25) is 0 Å². The van der Waals surface area contributed by atoms with Crippen LogP contribution in [0.4, 0.5) is 5.82 Å². The summed E-state index contributed by atoms with van der Waals surface area (Å²) >= 11 is 0. The molecule has 2 fully saturated rings. The molecule has 2 aliphatic rings. The van der Waals surface area contributed by atoms with Crippen molar-refractivity contribution in [3.63, 3.8) is 0 Å². The molecule has 20 heavy (non-hydrogen) atoms. The van der Waals surface area contributed by atoms with Crippen LogP contribution in [0.3, 0.4) is 0 Å². The number of hydrogen-bond donors (Lipinski definition) is 1. The largest absolute Gasteiger partial charge is 0.361 e. The Morgan fingerprint density at radius 1 is 1.35 bits per heavy atom. The van der Waals surface area contributed by atoms with Crippen molar-refractivity contribution < 1.29 is 0 Å². The van der Waals surface area contributed by atoms with Gasteiger partial charge in [0.2, 0.25) is 0 Å². The standard InChI is InChI=1S/C15H24N4O/c1-2-8-19-11-7-16-14(15(19)20)17-12-6-10-18-9-4-3-5-13(12)18/h7,11-13H,2-6,8-10H2,1H3,(H,16,17). The molecular weight excluding hydrogens is 252 g/mol. The van der Waals surface area contributed by atoms with Gasteiger partial charge in [0.05, 0.1) is 0 Å². The van der Waals surface area contributed by atoms with Crippen LogP contribution >= 0.6 is 0 Å². The molecule has 2 atom stereocenters. The van der Waals surface area contributed by atoms with E-state index in [1.54, 1.807) is 17.0 Å². The summed E-state index contributed by atoms with van der Waals surface area (Å²) in [5.41, 5.74) is 0.0172. The highest BCUT2D eigenvalue weighted by atomic mass is 16.1. The first-order valence-electron chi connectivity index (χ1n) is 7.85. The molecule has 0 radical (unpaired) electrons. The monoisotopic (exact) mass is 276 g/mol. The van der Waals surface area contributed by atoms with E-state index in [0.717, 1.165) is 25.9 Å². The fraction of sp³-hybridized carbons (Fsp3) is 0.733. The molecule has 1 N–H and O–H groups in total. The quantitative estimate of drug-likeness (QED) is 0.909. The van der Waals surface area contributed by atoms with Gasteiger partial charge in [-0.05, 0) is 32.2 Å². The van der Waals surface area contributed by atoms with Crippen molar-refractivity contribution in [3.05, 3.63) is 22.7 Å². The van der Waals surface area contributed by atoms with E-state index in [-0.39, 0.29) is 5.56 Å². The van der Waals surface area contributed by atoms with Gasteiger partial charge in [0.15, 0.2) is 5.82 Å². The number of nitrogens with zero attached hydrogens (tertiary/aromatic N) is 3. The molecule has 0 spiro atoms. The summed E-state index contributed by atoms with van der Waals surface area (Å²) < 4.78 is 1.75. The Morgan fingerprint density at radius 2 is 2.25 bits per heavy atom. The lowest BCUT2D eigenvalue weighted by Gasteiger charge is -2.32. The second kappa shape index (κ2) is 5.95. The predicted octanol–water partition coefficient (Wildman–Crippen LogP) is 1.69. The third-order valence-corrected chi connectivity index (χ3v) is 4.56. The van der Waals surface area contributed by atoms with E-state index in [0.29, 0.717) is 17.9 Å². The minimum absolute atomic E-state index is 0.0172. The minimum Gasteiger partial charge on any atom is -0.361 e. The molecule has 1 aromatic heterocycles. The molecule has 1 aromatic rings. The predicted molar refractivity (Wildman–Crippen MR) is 80.0 cm³/mol. The third kappa shape index (κ3) is 2.59. The van der Waals surface area contributed by atoms with Gasteiger partial charge in [-0.3, -0.25) is 9.69 Å². The zero-order valence-electron chi connectivity index (χ0n) is 12.2. The van der Waals surface area contributed by atoms with E-state index in [9.17, 15) is 4.79 Å². The van der Waals surface area contributed by atoms with Gasteiger partial charge in [0.25, 0.3) is 5.56 Å². The second-order valence-electron chi connectivity index (χ2n) is 5.91. The van der Waals surface area contributed by atoms with Gasteiger partial charge >= 0.3 is 0 Å². The van der Waals surface area contributed by atoms with Gasteiger partial charge in [0.1, 0.15) is 0 Å². The molecule has 3 rings (SSSR count). The number of aryl methyl sites for hydroxylation is 1. The van der Waals surface area contributed by atoms with Gasteiger partial charge in [-0.25, -0.2) is 4.98 Å². The molecule has 0 amide bonds. The molecule has 2 saturated heterocycles. The summed E-state index contributed by atoms with van der Waals surface area (Å²) in [6.45, 7) is 5.20. The second-order valence-corrected chi connectivity index (χ2v) is 5.91. The van der Waals surface area contributed by atoms with E-state index in [1.807, 2.05) is 0 Å². The molecule has 0 saturated carbocycles. The van der Waals surface area contributed by atoms with Crippen molar-refractivity contribution in [2.45, 2.75) is 57.7 Å². The number of fused-ring (bicyclic) bond motifs is 1. The molecule has 2 aliphatic heterocycles. The number of aromatic nitrogens is 2. The number of piperidine rings is 1. The lowest BCUT2D eigenvalue weighted by atomic mass is 9.99. The minimum atomic E-state index is 0.0172. The van der Waals surface area contributed by atoms with Gasteiger partial charge < -0.3 is 9.88 Å². The van der Waals surface area contributed by atoms with Gasteiger partial charge in [-0.2, -0.15) is 0 Å². The Hall–Kier alpha value is -1.36. The van der Waals surface area contributed by atoms with Crippen LogP contribution in [0.15, 0.2) is 17.2 Å². The highest BCUT2D eigenvalue weighted by Gasteiger charge is 2.35. The van der Waals surface area contributed by atoms with E-state index in [4.69, 9.17) is 0 Å². The van der Waals surface area contributed by atoms with Crippen molar-refractivity contribution in [1.82, 2.24) is 14.5 Å². The smallest absolute Gasteiger partial charge is 0.293 e. The summed E-state index contributed by atoms with van der Waals surface area (Å²) in [5, 5.41) is 3.42. The Labute approximate surface area is 120 Å². The molecule has 0 bridgehead atoms. The third-order valence-electron chi connectivity index (χ3n) is 4.56. The zero-order chi connectivity index (χ0) is 13.9. The Balaban J connectivity index is 1.75. The molecule has 5 nitrogen and oxygen atoms in total. The van der Waals surface area contributed by atoms with Crippen molar-refractivity contribution in [1.29, 1.82) is 0 Å². The van der Waals surface area contributed by atoms with Crippen LogP contribution in [0.1, 0.15) is 39.0 Å². The average molecular weight is 276 g/mol. The average Bonchev–Trinajstić information content (AvgIpc) is 2.87. The van der Waals surface area contributed by atoms with Gasteiger partial charge in [-0.15, -0.1) is 0 Å². The molecule has 5 heteroatoms. The van der Waals surface area contributed by atoms with Crippen LogP contribution in [-0.2, 0) is 6.54 Å². The highest BCUT2D eigenvalue weighted by Crippen LogP contribution is 2.28. The Bertz CT molecular complexity index is 513. The van der Waals surface area contributed by atoms with E-state index in [2.05, 4.69) is 22.1 Å². The maximum atomic E-state index is 12.3. The van der Waals surface area contributed by atoms with Crippen LogP contribution in [0, 0.1) is 0 Å². The topological polar surface area (TPSA) is 50.2 Å². The van der Waals surface area contributed by atoms with Crippen LogP contribution < -0.4 is 10.9 Å². The fourth-order valence-corrected chi connectivity index (χ4v) is 3.55. The lowest BCUT2D eigenvalue weighted by Crippen LogP contribution is -2.42. The fourth-order valence-electron chi connectivity index (χ4n) is 3.55. The van der Waals surface area contributed by atoms with Gasteiger partial charge in [-0.1, -0.05) is 13.3 Å². The molecule has 0 aliphatic carbocycles. The summed E-state index contributed by atoms with van der Waals surface area (Å²) in [6.07, 6.45) is 9.45. The molecule has 0 aromatic carbocycles. The first kappa shape index (κ1) is 13.6. The Kier molecular flexibility index (Phi) is 4.05. The molecule has 2 unspecified atom stereocenters. The maximum Gasteiger partial charge on any atom is 0.293 e. The lowest BCUT2D eigenvalue weighted by molar-refractivity contribution is 0.192. The van der Waals surface area contributed by atoms with Crippen LogP contribution in [0.25, 0.3) is 0 Å². The summed E-state index contributed by atoms with van der Waals surface area (Å²) in [5.74, 6) is 0.526. The summed E-state index contributed by atoms with van der Waals surface area (Å²) in [6, 6.07) is 0.970. The van der Waals surface area contributed by atoms with Crippen molar-refractivity contribution in [3.8, 4) is 0 Å². The molecule has 3 heterocycles.